The van der Waals surface area contributed by atoms with Crippen LogP contribution in [-0.4, -0.2) is 4.57 Å². The molecule has 0 aliphatic carbocycles. The van der Waals surface area contributed by atoms with Gasteiger partial charge in [0.25, 0.3) is 5.56 Å². The van der Waals surface area contributed by atoms with Crippen molar-refractivity contribution in [3.63, 3.8) is 0 Å². The summed E-state index contributed by atoms with van der Waals surface area (Å²) in [6.45, 7) is 0.0702. The minimum Gasteiger partial charge on any atom is -0.309 e. The van der Waals surface area contributed by atoms with Gasteiger partial charge in [0.05, 0.1) is 16.6 Å². The van der Waals surface area contributed by atoms with E-state index in [4.69, 9.17) is 0 Å². The van der Waals surface area contributed by atoms with Crippen LogP contribution >= 0.6 is 31.9 Å². The van der Waals surface area contributed by atoms with Crippen molar-refractivity contribution in [2.45, 2.75) is 12.7 Å². The van der Waals surface area contributed by atoms with Crippen molar-refractivity contribution in [1.82, 2.24) is 4.57 Å². The highest BCUT2D eigenvalue weighted by atomic mass is 79.9. The van der Waals surface area contributed by atoms with Gasteiger partial charge in [-0.3, -0.25) is 4.79 Å². The molecule has 0 bridgehead atoms. The Labute approximate surface area is 129 Å². The zero-order chi connectivity index (χ0) is 14.9. The number of hydrogen-bond acceptors (Lipinski definition) is 1. The van der Waals surface area contributed by atoms with Gasteiger partial charge in [-0.1, -0.05) is 12.1 Å². The van der Waals surface area contributed by atoms with Crippen molar-refractivity contribution in [2.24, 2.45) is 0 Å². The van der Waals surface area contributed by atoms with Crippen LogP contribution in [-0.2, 0) is 12.7 Å². The molecule has 0 aliphatic rings. The molecular formula is C13H8Br2F3NO. The Hall–Kier alpha value is -1.08. The number of rotatable bonds is 2. The van der Waals surface area contributed by atoms with Gasteiger partial charge in [-0.15, -0.1) is 0 Å². The van der Waals surface area contributed by atoms with Gasteiger partial charge in [0.1, 0.15) is 0 Å². The molecule has 7 heteroatoms. The maximum absolute atomic E-state index is 12.6. The van der Waals surface area contributed by atoms with Crippen LogP contribution in [0.1, 0.15) is 11.1 Å². The van der Waals surface area contributed by atoms with Crippen LogP contribution in [0, 0.1) is 0 Å². The first kappa shape index (κ1) is 15.3. The third kappa shape index (κ3) is 3.52. The van der Waals surface area contributed by atoms with Crippen LogP contribution in [0.25, 0.3) is 0 Å². The molecule has 2 nitrogen and oxygen atoms in total. The second kappa shape index (κ2) is 5.73. The molecule has 0 radical (unpaired) electrons. The number of halogens is 5. The average Bonchev–Trinajstić information content (AvgIpc) is 2.35. The average molecular weight is 411 g/mol. The number of pyridine rings is 1. The monoisotopic (exact) mass is 409 g/mol. The summed E-state index contributed by atoms with van der Waals surface area (Å²) < 4.78 is 40.2. The van der Waals surface area contributed by atoms with Gasteiger partial charge in [-0.05, 0) is 55.6 Å². The van der Waals surface area contributed by atoms with Crippen molar-refractivity contribution < 1.29 is 13.2 Å². The molecule has 106 valence electrons. The van der Waals surface area contributed by atoms with Gasteiger partial charge < -0.3 is 4.57 Å². The van der Waals surface area contributed by atoms with Gasteiger partial charge >= 0.3 is 6.18 Å². The van der Waals surface area contributed by atoms with Crippen LogP contribution in [0.3, 0.4) is 0 Å². The summed E-state index contributed by atoms with van der Waals surface area (Å²) in [4.78, 5) is 11.9. The normalized spacial score (nSPS) is 11.7. The van der Waals surface area contributed by atoms with Crippen LogP contribution in [0.5, 0.6) is 0 Å². The molecule has 2 rings (SSSR count). The highest BCUT2D eigenvalue weighted by molar-refractivity contribution is 9.11. The van der Waals surface area contributed by atoms with Gasteiger partial charge in [0.15, 0.2) is 0 Å². The van der Waals surface area contributed by atoms with E-state index in [2.05, 4.69) is 31.9 Å². The van der Waals surface area contributed by atoms with Crippen molar-refractivity contribution in [3.8, 4) is 0 Å². The van der Waals surface area contributed by atoms with Gasteiger partial charge in [-0.25, -0.2) is 0 Å². The van der Waals surface area contributed by atoms with E-state index >= 15 is 0 Å². The highest BCUT2D eigenvalue weighted by Crippen LogP contribution is 2.29. The highest BCUT2D eigenvalue weighted by Gasteiger charge is 2.30. The summed E-state index contributed by atoms with van der Waals surface area (Å²) in [5, 5.41) is 0. The third-order valence-electron chi connectivity index (χ3n) is 2.62. The summed E-state index contributed by atoms with van der Waals surface area (Å²) in [7, 11) is 0. The largest absolute Gasteiger partial charge is 0.416 e. The van der Waals surface area contributed by atoms with Crippen LogP contribution in [0.15, 0.2) is 50.3 Å². The number of benzene rings is 1. The van der Waals surface area contributed by atoms with E-state index in [-0.39, 0.29) is 12.1 Å². The molecule has 0 aliphatic heterocycles. The SMILES string of the molecule is O=c1c(Br)cc(Br)cn1Cc1cccc(C(F)(F)F)c1. The summed E-state index contributed by atoms with van der Waals surface area (Å²) >= 11 is 6.35. The Morgan fingerprint density at radius 2 is 1.85 bits per heavy atom. The molecule has 0 unspecified atom stereocenters. The molecule has 2 aromatic rings. The second-order valence-corrected chi connectivity index (χ2v) is 5.91. The fourth-order valence-corrected chi connectivity index (χ4v) is 2.98. The quantitative estimate of drug-likeness (QED) is 0.717. The Kier molecular flexibility index (Phi) is 4.39. The van der Waals surface area contributed by atoms with Crippen molar-refractivity contribution >= 4 is 31.9 Å². The first-order chi connectivity index (χ1) is 9.27. The minimum atomic E-state index is -4.39. The van der Waals surface area contributed by atoms with E-state index in [0.717, 1.165) is 12.1 Å². The van der Waals surface area contributed by atoms with E-state index in [1.165, 1.54) is 16.8 Å². The Balaban J connectivity index is 2.39. The number of aromatic nitrogens is 1. The van der Waals surface area contributed by atoms with E-state index < -0.39 is 11.7 Å². The Morgan fingerprint density at radius 3 is 2.50 bits per heavy atom. The fraction of sp³-hybridized carbons (Fsp3) is 0.154. The predicted octanol–water partition coefficient (Wildman–Crippen LogP) is 4.44. The zero-order valence-electron chi connectivity index (χ0n) is 9.92. The van der Waals surface area contributed by atoms with Crippen molar-refractivity contribution in [3.05, 3.63) is 67.0 Å². The van der Waals surface area contributed by atoms with Crippen molar-refractivity contribution in [1.29, 1.82) is 0 Å². The second-order valence-electron chi connectivity index (χ2n) is 4.14. The lowest BCUT2D eigenvalue weighted by Crippen LogP contribution is -2.21. The van der Waals surface area contributed by atoms with E-state index in [0.29, 0.717) is 14.5 Å². The first-order valence-electron chi connectivity index (χ1n) is 5.49. The third-order valence-corrected chi connectivity index (χ3v) is 3.62. The molecular weight excluding hydrogens is 403 g/mol. The predicted molar refractivity (Wildman–Crippen MR) is 76.6 cm³/mol. The standard InChI is InChI=1S/C13H8Br2F3NO/c14-10-5-11(15)12(20)19(7-10)6-8-2-1-3-9(4-8)13(16,17)18/h1-5,7H,6H2. The fourth-order valence-electron chi connectivity index (χ4n) is 1.72. The molecule has 0 atom stereocenters. The molecule has 0 spiro atoms. The maximum atomic E-state index is 12.6. The summed E-state index contributed by atoms with van der Waals surface area (Å²) in [6, 6.07) is 6.52. The Bertz CT molecular complexity index is 695. The lowest BCUT2D eigenvalue weighted by atomic mass is 10.1. The molecule has 0 saturated heterocycles. The molecule has 1 aromatic carbocycles. The number of nitrogens with zero attached hydrogens (tertiary/aromatic N) is 1. The van der Waals surface area contributed by atoms with Gasteiger partial charge in [-0.2, -0.15) is 13.2 Å². The van der Waals surface area contributed by atoms with Crippen LogP contribution in [0.4, 0.5) is 13.2 Å². The maximum Gasteiger partial charge on any atom is 0.416 e. The van der Waals surface area contributed by atoms with Gasteiger partial charge in [0.2, 0.25) is 0 Å². The molecule has 1 aromatic heterocycles. The Morgan fingerprint density at radius 1 is 1.15 bits per heavy atom. The summed E-state index contributed by atoms with van der Waals surface area (Å²) in [5.41, 5.74) is -0.616. The minimum absolute atomic E-state index is 0.0702. The van der Waals surface area contributed by atoms with E-state index in [1.807, 2.05) is 0 Å². The summed E-state index contributed by atoms with van der Waals surface area (Å²) in [6.07, 6.45) is -2.85. The molecule has 1 heterocycles. The molecule has 0 amide bonds. The molecule has 0 N–H and O–H groups in total. The van der Waals surface area contributed by atoms with Crippen LogP contribution in [0.2, 0.25) is 0 Å². The zero-order valence-corrected chi connectivity index (χ0v) is 13.1. The van der Waals surface area contributed by atoms with Gasteiger partial charge in [0, 0.05) is 10.7 Å². The van der Waals surface area contributed by atoms with Crippen molar-refractivity contribution in [2.75, 3.05) is 0 Å². The number of hydrogen-bond donors (Lipinski definition) is 0. The number of alkyl halides is 3. The molecule has 0 fully saturated rings. The topological polar surface area (TPSA) is 22.0 Å². The lowest BCUT2D eigenvalue weighted by molar-refractivity contribution is -0.137. The molecule has 0 saturated carbocycles. The van der Waals surface area contributed by atoms with Crippen LogP contribution < -0.4 is 5.56 Å². The van der Waals surface area contributed by atoms with E-state index in [9.17, 15) is 18.0 Å². The van der Waals surface area contributed by atoms with E-state index in [1.54, 1.807) is 12.1 Å². The smallest absolute Gasteiger partial charge is 0.309 e. The molecule has 20 heavy (non-hydrogen) atoms. The summed E-state index contributed by atoms with van der Waals surface area (Å²) in [5.74, 6) is 0. The first-order valence-corrected chi connectivity index (χ1v) is 7.07. The lowest BCUT2D eigenvalue weighted by Gasteiger charge is -2.10.